The van der Waals surface area contributed by atoms with Gasteiger partial charge in [0.1, 0.15) is 5.69 Å². The van der Waals surface area contributed by atoms with Crippen LogP contribution in [0.1, 0.15) is 66.0 Å². The van der Waals surface area contributed by atoms with Crippen LogP contribution in [-0.4, -0.2) is 32.9 Å². The van der Waals surface area contributed by atoms with E-state index in [4.69, 9.17) is 0 Å². The molecule has 2 aromatic rings. The molecular formula is C21H24F3N3O4. The second-order valence-electron chi connectivity index (χ2n) is 7.89. The van der Waals surface area contributed by atoms with E-state index in [1.54, 1.807) is 6.07 Å². The summed E-state index contributed by atoms with van der Waals surface area (Å²) in [5.41, 5.74) is -2.84. The Morgan fingerprint density at radius 1 is 1.32 bits per heavy atom. The summed E-state index contributed by atoms with van der Waals surface area (Å²) in [5, 5.41) is 26.9. The quantitative estimate of drug-likeness (QED) is 0.665. The molecule has 1 unspecified atom stereocenters. The molecule has 168 valence electrons. The first-order valence-electron chi connectivity index (χ1n) is 9.92. The molecule has 1 aromatic carbocycles. The van der Waals surface area contributed by atoms with Crippen molar-refractivity contribution in [3.8, 4) is 5.75 Å². The number of hydrogen-bond acceptors (Lipinski definition) is 5. The first-order valence-corrected chi connectivity index (χ1v) is 9.92. The van der Waals surface area contributed by atoms with E-state index in [2.05, 4.69) is 10.4 Å². The maximum atomic E-state index is 13.3. The lowest BCUT2D eigenvalue weighted by Crippen LogP contribution is -2.36. The van der Waals surface area contributed by atoms with E-state index in [9.17, 15) is 33.0 Å². The van der Waals surface area contributed by atoms with Crippen LogP contribution in [0, 0.1) is 0 Å². The molecule has 10 heteroatoms. The summed E-state index contributed by atoms with van der Waals surface area (Å²) in [5.74, 6) is -1.62. The molecule has 0 radical (unpaired) electrons. The predicted octanol–water partition coefficient (Wildman–Crippen LogP) is 2.89. The Morgan fingerprint density at radius 2 is 1.97 bits per heavy atom. The zero-order valence-corrected chi connectivity index (χ0v) is 17.2. The Balaban J connectivity index is 2.17. The van der Waals surface area contributed by atoms with Crippen molar-refractivity contribution in [1.82, 2.24) is 15.1 Å². The average Bonchev–Trinajstić information content (AvgIpc) is 3.19. The summed E-state index contributed by atoms with van der Waals surface area (Å²) in [6.07, 6.45) is -3.14. The lowest BCUT2D eigenvalue weighted by Gasteiger charge is -2.32. The average molecular weight is 439 g/mol. The van der Waals surface area contributed by atoms with Crippen molar-refractivity contribution in [2.45, 2.75) is 56.8 Å². The van der Waals surface area contributed by atoms with E-state index in [-0.39, 0.29) is 12.2 Å². The third-order valence-electron chi connectivity index (χ3n) is 5.82. The number of aliphatic hydroxyl groups is 1. The SMILES string of the molecule is CNC(=O)c1nn(CC2(c3cccc(C(F)(F)F)c3)CCCC2)c(C(C)O)c(O)c1=O. The molecule has 1 saturated carbocycles. The summed E-state index contributed by atoms with van der Waals surface area (Å²) >= 11 is 0. The maximum absolute atomic E-state index is 13.3. The van der Waals surface area contributed by atoms with Gasteiger partial charge in [0.15, 0.2) is 11.4 Å². The van der Waals surface area contributed by atoms with Crippen molar-refractivity contribution in [2.24, 2.45) is 0 Å². The largest absolute Gasteiger partial charge is 0.503 e. The van der Waals surface area contributed by atoms with Gasteiger partial charge in [-0.15, -0.1) is 0 Å². The molecule has 1 aliphatic carbocycles. The standard InChI is InChI=1S/C21H24F3N3O4/c1-12(28)16-18(30)17(29)15(19(31)25-2)26-27(16)11-20(8-3-4-9-20)13-6-5-7-14(10-13)21(22,23)24/h5-7,10,12,28,30H,3-4,8-9,11H2,1-2H3,(H,25,31). The van der Waals surface area contributed by atoms with Gasteiger partial charge in [-0.25, -0.2) is 0 Å². The van der Waals surface area contributed by atoms with E-state index in [0.717, 1.165) is 25.0 Å². The third-order valence-corrected chi connectivity index (χ3v) is 5.82. The Morgan fingerprint density at radius 3 is 2.52 bits per heavy atom. The highest BCUT2D eigenvalue weighted by atomic mass is 19.4. The van der Waals surface area contributed by atoms with Crippen LogP contribution in [0.5, 0.6) is 5.75 Å². The number of aromatic hydroxyl groups is 1. The Bertz CT molecular complexity index is 1040. The Kier molecular flexibility index (Phi) is 6.13. The molecule has 1 aliphatic rings. The minimum absolute atomic E-state index is 0.00756. The Hall–Kier alpha value is -2.88. The number of hydrogen-bond donors (Lipinski definition) is 3. The molecule has 3 N–H and O–H groups in total. The fourth-order valence-electron chi connectivity index (χ4n) is 4.27. The van der Waals surface area contributed by atoms with Crippen molar-refractivity contribution in [3.63, 3.8) is 0 Å². The topological polar surface area (TPSA) is 104 Å². The molecule has 0 saturated heterocycles. The van der Waals surface area contributed by atoms with Gasteiger partial charge in [-0.1, -0.05) is 31.0 Å². The number of carbonyl (C=O) groups excluding carboxylic acids is 1. The first-order chi connectivity index (χ1) is 14.5. The molecule has 1 atom stereocenters. The van der Waals surface area contributed by atoms with Gasteiger partial charge in [0, 0.05) is 12.5 Å². The minimum atomic E-state index is -4.50. The molecule has 1 fully saturated rings. The summed E-state index contributed by atoms with van der Waals surface area (Å²) in [7, 11) is 1.30. The summed E-state index contributed by atoms with van der Waals surface area (Å²) < 4.78 is 41.1. The smallest absolute Gasteiger partial charge is 0.416 e. The molecule has 3 rings (SSSR count). The van der Waals surface area contributed by atoms with Gasteiger partial charge in [0.05, 0.1) is 18.2 Å². The molecule has 1 aromatic heterocycles. The number of benzene rings is 1. The van der Waals surface area contributed by atoms with E-state index in [1.807, 2.05) is 0 Å². The number of alkyl halides is 3. The van der Waals surface area contributed by atoms with Gasteiger partial charge in [0.2, 0.25) is 0 Å². The summed E-state index contributed by atoms with van der Waals surface area (Å²) in [6.45, 7) is 1.32. The molecular weight excluding hydrogens is 415 g/mol. The van der Waals surface area contributed by atoms with Crippen LogP contribution < -0.4 is 10.7 Å². The molecule has 31 heavy (non-hydrogen) atoms. The van der Waals surface area contributed by atoms with Crippen LogP contribution in [0.2, 0.25) is 0 Å². The van der Waals surface area contributed by atoms with E-state index in [1.165, 1.54) is 24.7 Å². The zero-order valence-electron chi connectivity index (χ0n) is 17.2. The lowest BCUT2D eigenvalue weighted by molar-refractivity contribution is -0.137. The summed E-state index contributed by atoms with van der Waals surface area (Å²) in [6, 6.07) is 5.07. The van der Waals surface area contributed by atoms with Crippen LogP contribution in [0.3, 0.4) is 0 Å². The second-order valence-corrected chi connectivity index (χ2v) is 7.89. The van der Waals surface area contributed by atoms with E-state index in [0.29, 0.717) is 18.4 Å². The number of aromatic nitrogens is 2. The fraction of sp³-hybridized carbons (Fsp3) is 0.476. The monoisotopic (exact) mass is 439 g/mol. The number of nitrogens with zero attached hydrogens (tertiary/aromatic N) is 2. The van der Waals surface area contributed by atoms with Gasteiger partial charge in [-0.05, 0) is 31.4 Å². The van der Waals surface area contributed by atoms with Crippen molar-refractivity contribution in [2.75, 3.05) is 7.05 Å². The highest BCUT2D eigenvalue weighted by Crippen LogP contribution is 2.44. The maximum Gasteiger partial charge on any atom is 0.416 e. The van der Waals surface area contributed by atoms with Crippen LogP contribution in [-0.2, 0) is 18.1 Å². The van der Waals surface area contributed by atoms with Gasteiger partial charge in [-0.3, -0.25) is 14.3 Å². The van der Waals surface area contributed by atoms with Crippen LogP contribution in [0.4, 0.5) is 13.2 Å². The van der Waals surface area contributed by atoms with Crippen LogP contribution in [0.15, 0.2) is 29.1 Å². The van der Waals surface area contributed by atoms with Gasteiger partial charge < -0.3 is 15.5 Å². The molecule has 1 heterocycles. The third kappa shape index (κ3) is 4.30. The minimum Gasteiger partial charge on any atom is -0.503 e. The number of nitrogens with one attached hydrogen (secondary N) is 1. The molecule has 0 bridgehead atoms. The number of carbonyl (C=O) groups is 1. The number of aliphatic hydroxyl groups excluding tert-OH is 1. The molecule has 0 spiro atoms. The second kappa shape index (κ2) is 8.33. The van der Waals surface area contributed by atoms with Crippen LogP contribution >= 0.6 is 0 Å². The van der Waals surface area contributed by atoms with Gasteiger partial charge in [-0.2, -0.15) is 18.3 Å². The highest BCUT2D eigenvalue weighted by molar-refractivity contribution is 5.92. The lowest BCUT2D eigenvalue weighted by atomic mass is 9.78. The van der Waals surface area contributed by atoms with Crippen molar-refractivity contribution in [1.29, 1.82) is 0 Å². The zero-order chi connectivity index (χ0) is 23.0. The van der Waals surface area contributed by atoms with Crippen molar-refractivity contribution >= 4 is 5.91 Å². The Labute approximate surface area is 176 Å². The predicted molar refractivity (Wildman–Crippen MR) is 106 cm³/mol. The fourth-order valence-corrected chi connectivity index (χ4v) is 4.27. The first kappa shape index (κ1) is 22.8. The van der Waals surface area contributed by atoms with Gasteiger partial charge >= 0.3 is 6.18 Å². The van der Waals surface area contributed by atoms with E-state index < -0.39 is 46.0 Å². The molecule has 7 nitrogen and oxygen atoms in total. The van der Waals surface area contributed by atoms with Gasteiger partial charge in [0.25, 0.3) is 11.3 Å². The number of rotatable bonds is 5. The van der Waals surface area contributed by atoms with Crippen molar-refractivity contribution < 1.29 is 28.2 Å². The van der Waals surface area contributed by atoms with Crippen molar-refractivity contribution in [3.05, 3.63) is 57.0 Å². The number of halogens is 3. The number of amides is 1. The summed E-state index contributed by atoms with van der Waals surface area (Å²) in [4.78, 5) is 24.4. The normalized spacial score (nSPS) is 16.8. The van der Waals surface area contributed by atoms with Crippen LogP contribution in [0.25, 0.3) is 0 Å². The van der Waals surface area contributed by atoms with E-state index >= 15 is 0 Å². The molecule has 0 aliphatic heterocycles. The molecule has 1 amide bonds. The highest BCUT2D eigenvalue weighted by Gasteiger charge is 2.40.